The largest absolute Gasteiger partial charge is 0.490 e. The number of fused-ring (bicyclic) bond motifs is 1. The lowest BCUT2D eigenvalue weighted by molar-refractivity contribution is -0.192. The molecule has 1 aliphatic carbocycles. The van der Waals surface area contributed by atoms with Gasteiger partial charge in [0, 0.05) is 44.1 Å². The first-order chi connectivity index (χ1) is 15.2. The van der Waals surface area contributed by atoms with Crippen molar-refractivity contribution in [2.75, 3.05) is 38.3 Å². The van der Waals surface area contributed by atoms with Crippen molar-refractivity contribution in [2.24, 2.45) is 17.8 Å². The number of rotatable bonds is 5. The number of nitrogens with zero attached hydrogens (tertiary/aromatic N) is 3. The topological polar surface area (TPSA) is 114 Å². The van der Waals surface area contributed by atoms with Gasteiger partial charge < -0.3 is 24.8 Å². The number of carbonyl (C=O) groups excluding carboxylic acids is 1. The van der Waals surface area contributed by atoms with Crippen LogP contribution in [0, 0.1) is 17.8 Å². The van der Waals surface area contributed by atoms with Gasteiger partial charge in [-0.05, 0) is 31.6 Å². The SMILES string of the molecule is COc1cc(N2CC[C@@H]3OCC[C@H](C(=O)NCC4CC4)[C@H]3C2)ncn1.O=C(O)C(F)(F)F. The number of alkyl halides is 3. The van der Waals surface area contributed by atoms with Crippen LogP contribution in [0.15, 0.2) is 12.4 Å². The molecule has 0 radical (unpaired) electrons. The maximum absolute atomic E-state index is 12.7. The molecule has 3 heterocycles. The van der Waals surface area contributed by atoms with Crippen LogP contribution >= 0.6 is 0 Å². The fourth-order valence-corrected chi connectivity index (χ4v) is 3.96. The molecule has 0 bridgehead atoms. The number of aliphatic carboxylic acids is 1. The third-order valence-electron chi connectivity index (χ3n) is 5.87. The third-order valence-corrected chi connectivity index (χ3v) is 5.87. The van der Waals surface area contributed by atoms with Crippen LogP contribution in [0.5, 0.6) is 5.88 Å². The molecule has 0 aromatic carbocycles. The molecule has 0 unspecified atom stereocenters. The molecule has 2 aliphatic heterocycles. The molecule has 178 valence electrons. The number of piperidine rings is 1. The number of carbonyl (C=O) groups is 2. The molecule has 1 amide bonds. The molecule has 9 nitrogen and oxygen atoms in total. The van der Waals surface area contributed by atoms with Crippen molar-refractivity contribution in [3.05, 3.63) is 12.4 Å². The van der Waals surface area contributed by atoms with Gasteiger partial charge in [0.05, 0.1) is 13.2 Å². The number of ether oxygens (including phenoxy) is 2. The standard InChI is InChI=1S/C18H26N4O3.C2HF3O2/c1-24-17-8-16(20-11-21-17)22-6-4-15-14(10-22)13(5-7-25-15)18(23)19-9-12-2-3-12;3-2(4,5)1(6)7/h8,11-15H,2-7,9-10H2,1H3,(H,19,23);(H,6,7)/t13-,14+,15-;/m0./s1. The van der Waals surface area contributed by atoms with Crippen LogP contribution < -0.4 is 15.0 Å². The molecule has 2 saturated heterocycles. The van der Waals surface area contributed by atoms with Gasteiger partial charge in [0.15, 0.2) is 0 Å². The summed E-state index contributed by atoms with van der Waals surface area (Å²) in [6.45, 7) is 3.18. The number of aromatic nitrogens is 2. The van der Waals surface area contributed by atoms with Crippen molar-refractivity contribution in [2.45, 2.75) is 38.0 Å². The Kier molecular flexibility index (Phi) is 7.75. The van der Waals surface area contributed by atoms with Crippen molar-refractivity contribution in [3.8, 4) is 5.88 Å². The summed E-state index contributed by atoms with van der Waals surface area (Å²) in [6.07, 6.45) is 0.845. The quantitative estimate of drug-likeness (QED) is 0.685. The Bertz CT molecular complexity index is 806. The zero-order valence-corrected chi connectivity index (χ0v) is 17.7. The van der Waals surface area contributed by atoms with E-state index in [1.807, 2.05) is 6.07 Å². The highest BCUT2D eigenvalue weighted by atomic mass is 19.4. The van der Waals surface area contributed by atoms with Crippen molar-refractivity contribution < 1.29 is 37.3 Å². The minimum Gasteiger partial charge on any atom is -0.481 e. The molecule has 3 atom stereocenters. The normalized spacial score (nSPS) is 25.1. The first kappa shape index (κ1) is 24.0. The number of nitrogens with one attached hydrogen (secondary N) is 1. The summed E-state index contributed by atoms with van der Waals surface area (Å²) in [7, 11) is 1.60. The lowest BCUT2D eigenvalue weighted by Gasteiger charge is -2.44. The molecule has 1 aromatic heterocycles. The molecule has 3 aliphatic rings. The van der Waals surface area contributed by atoms with E-state index >= 15 is 0 Å². The Morgan fingerprint density at radius 2 is 2.00 bits per heavy atom. The Hall–Kier alpha value is -2.63. The zero-order valence-electron chi connectivity index (χ0n) is 17.7. The summed E-state index contributed by atoms with van der Waals surface area (Å²) >= 11 is 0. The molecule has 1 saturated carbocycles. The fourth-order valence-electron chi connectivity index (χ4n) is 3.96. The number of halogens is 3. The molecular formula is C20H27F3N4O5. The van der Waals surface area contributed by atoms with E-state index in [2.05, 4.69) is 20.2 Å². The minimum atomic E-state index is -5.08. The maximum Gasteiger partial charge on any atom is 0.490 e. The van der Waals surface area contributed by atoms with Gasteiger partial charge in [-0.1, -0.05) is 0 Å². The second kappa shape index (κ2) is 10.3. The molecule has 4 rings (SSSR count). The van der Waals surface area contributed by atoms with Gasteiger partial charge >= 0.3 is 12.1 Å². The lowest BCUT2D eigenvalue weighted by Crippen LogP contribution is -2.53. The summed E-state index contributed by atoms with van der Waals surface area (Å²) in [5.74, 6) is -0.193. The van der Waals surface area contributed by atoms with E-state index in [9.17, 15) is 18.0 Å². The number of anilines is 1. The molecule has 0 spiro atoms. The van der Waals surface area contributed by atoms with Gasteiger partial charge in [-0.25, -0.2) is 14.8 Å². The second-order valence-electron chi connectivity index (χ2n) is 8.11. The van der Waals surface area contributed by atoms with Crippen molar-refractivity contribution in [3.63, 3.8) is 0 Å². The molecule has 12 heteroatoms. The van der Waals surface area contributed by atoms with Gasteiger partial charge in [-0.15, -0.1) is 0 Å². The van der Waals surface area contributed by atoms with Crippen molar-refractivity contribution in [1.29, 1.82) is 0 Å². The Morgan fingerprint density at radius 3 is 2.62 bits per heavy atom. The molecule has 2 N–H and O–H groups in total. The van der Waals surface area contributed by atoms with Crippen molar-refractivity contribution >= 4 is 17.7 Å². The summed E-state index contributed by atoms with van der Waals surface area (Å²) in [5, 5.41) is 10.3. The summed E-state index contributed by atoms with van der Waals surface area (Å²) in [4.78, 5) is 32.3. The van der Waals surface area contributed by atoms with Crippen LogP contribution in [0.1, 0.15) is 25.7 Å². The van der Waals surface area contributed by atoms with E-state index in [1.54, 1.807) is 7.11 Å². The molecule has 32 heavy (non-hydrogen) atoms. The summed E-state index contributed by atoms with van der Waals surface area (Å²) in [5.41, 5.74) is 0. The van der Waals surface area contributed by atoms with E-state index in [1.165, 1.54) is 19.2 Å². The van der Waals surface area contributed by atoms with Gasteiger partial charge in [-0.2, -0.15) is 13.2 Å². The van der Waals surface area contributed by atoms with E-state index < -0.39 is 12.1 Å². The van der Waals surface area contributed by atoms with Crippen LogP contribution in [0.3, 0.4) is 0 Å². The average Bonchev–Trinajstić information content (AvgIpc) is 3.61. The number of hydrogen-bond donors (Lipinski definition) is 2. The number of carboxylic acid groups (broad SMARTS) is 1. The first-order valence-electron chi connectivity index (χ1n) is 10.5. The van der Waals surface area contributed by atoms with Crippen molar-refractivity contribution in [1.82, 2.24) is 15.3 Å². The molecule has 1 aromatic rings. The zero-order chi connectivity index (χ0) is 23.3. The van der Waals surface area contributed by atoms with Gasteiger partial charge in [0.1, 0.15) is 12.1 Å². The predicted octanol–water partition coefficient (Wildman–Crippen LogP) is 1.88. The average molecular weight is 460 g/mol. The van der Waals surface area contributed by atoms with Gasteiger partial charge in [-0.3, -0.25) is 4.79 Å². The predicted molar refractivity (Wildman–Crippen MR) is 106 cm³/mol. The second-order valence-corrected chi connectivity index (χ2v) is 8.11. The summed E-state index contributed by atoms with van der Waals surface area (Å²) in [6, 6.07) is 1.85. The minimum absolute atomic E-state index is 0.0315. The van der Waals surface area contributed by atoms with Gasteiger partial charge in [0.25, 0.3) is 0 Å². The monoisotopic (exact) mass is 460 g/mol. The highest BCUT2D eigenvalue weighted by molar-refractivity contribution is 5.79. The van der Waals surface area contributed by atoms with Crippen LogP contribution in [0.25, 0.3) is 0 Å². The van der Waals surface area contributed by atoms with Crippen LogP contribution in [-0.2, 0) is 14.3 Å². The number of amides is 1. The smallest absolute Gasteiger partial charge is 0.481 e. The Labute approximate surface area is 183 Å². The van der Waals surface area contributed by atoms with E-state index in [0.717, 1.165) is 38.3 Å². The molecule has 3 fully saturated rings. The van der Waals surface area contributed by atoms with Gasteiger partial charge in [0.2, 0.25) is 11.8 Å². The fraction of sp³-hybridized carbons (Fsp3) is 0.700. The highest BCUT2D eigenvalue weighted by Gasteiger charge is 2.42. The molecular weight excluding hydrogens is 433 g/mol. The summed E-state index contributed by atoms with van der Waals surface area (Å²) < 4.78 is 42.9. The van der Waals surface area contributed by atoms with Crippen LogP contribution in [0.2, 0.25) is 0 Å². The number of carboxylic acids is 1. The number of hydrogen-bond acceptors (Lipinski definition) is 7. The first-order valence-corrected chi connectivity index (χ1v) is 10.5. The van der Waals surface area contributed by atoms with E-state index in [4.69, 9.17) is 19.4 Å². The van der Waals surface area contributed by atoms with Crippen LogP contribution in [-0.4, -0.2) is 72.6 Å². The lowest BCUT2D eigenvalue weighted by atomic mass is 9.79. The third kappa shape index (κ3) is 6.44. The Morgan fingerprint density at radius 1 is 1.28 bits per heavy atom. The Balaban J connectivity index is 0.000000360. The highest BCUT2D eigenvalue weighted by Crippen LogP contribution is 2.35. The van der Waals surface area contributed by atoms with Crippen LogP contribution in [0.4, 0.5) is 19.0 Å². The van der Waals surface area contributed by atoms with E-state index in [0.29, 0.717) is 18.4 Å². The van der Waals surface area contributed by atoms with E-state index in [-0.39, 0.29) is 23.8 Å². The maximum atomic E-state index is 12.7. The number of methoxy groups -OCH3 is 1.